The van der Waals surface area contributed by atoms with Crippen molar-refractivity contribution in [3.8, 4) is 0 Å². The smallest absolute Gasteiger partial charge is 0.327 e. The van der Waals surface area contributed by atoms with E-state index in [4.69, 9.17) is 0 Å². The number of aromatic amines is 1. The molecule has 2 aromatic rings. The van der Waals surface area contributed by atoms with Gasteiger partial charge in [0.1, 0.15) is 6.04 Å². The number of amides is 1. The third kappa shape index (κ3) is 2.27. The van der Waals surface area contributed by atoms with Crippen LogP contribution in [0.2, 0.25) is 0 Å². The predicted octanol–water partition coefficient (Wildman–Crippen LogP) is 1.81. The molecular formula is C14H14N2O3S. The molecule has 1 aliphatic rings. The quantitative estimate of drug-likeness (QED) is 0.884. The van der Waals surface area contributed by atoms with Gasteiger partial charge < -0.3 is 15.0 Å². The van der Waals surface area contributed by atoms with Crippen LogP contribution in [-0.4, -0.2) is 51.0 Å². The maximum absolute atomic E-state index is 12.5. The van der Waals surface area contributed by atoms with E-state index >= 15 is 0 Å². The van der Waals surface area contributed by atoms with Gasteiger partial charge in [0.2, 0.25) is 0 Å². The summed E-state index contributed by atoms with van der Waals surface area (Å²) in [5, 5.41) is 10.2. The van der Waals surface area contributed by atoms with E-state index in [1.807, 2.05) is 18.3 Å². The molecular weight excluding hydrogens is 276 g/mol. The molecule has 0 spiro atoms. The summed E-state index contributed by atoms with van der Waals surface area (Å²) in [4.78, 5) is 28.3. The summed E-state index contributed by atoms with van der Waals surface area (Å²) >= 11 is 1.57. The number of carboxylic acids is 1. The Hall–Kier alpha value is -1.95. The maximum Gasteiger partial charge on any atom is 0.327 e. The van der Waals surface area contributed by atoms with E-state index < -0.39 is 12.0 Å². The Morgan fingerprint density at radius 2 is 2.20 bits per heavy atom. The van der Waals surface area contributed by atoms with Gasteiger partial charge in [-0.3, -0.25) is 4.79 Å². The Kier molecular flexibility index (Phi) is 3.40. The SMILES string of the molecule is O=C(O)C1CSCCN1C(=O)c1ccc2[nH]ccc2c1. The third-order valence-corrected chi connectivity index (χ3v) is 4.50. The molecule has 1 unspecified atom stereocenters. The lowest BCUT2D eigenvalue weighted by Gasteiger charge is -2.32. The van der Waals surface area contributed by atoms with Crippen molar-refractivity contribution in [2.75, 3.05) is 18.1 Å². The van der Waals surface area contributed by atoms with Crippen LogP contribution in [0.1, 0.15) is 10.4 Å². The van der Waals surface area contributed by atoms with Crippen molar-refractivity contribution in [3.63, 3.8) is 0 Å². The lowest BCUT2D eigenvalue weighted by Crippen LogP contribution is -2.50. The number of thioether (sulfide) groups is 1. The summed E-state index contributed by atoms with van der Waals surface area (Å²) in [6, 6.07) is 6.55. The van der Waals surface area contributed by atoms with Gasteiger partial charge in [-0.05, 0) is 24.3 Å². The molecule has 1 aromatic heterocycles. The Labute approximate surface area is 120 Å². The van der Waals surface area contributed by atoms with Crippen LogP contribution in [0.15, 0.2) is 30.5 Å². The highest BCUT2D eigenvalue weighted by molar-refractivity contribution is 7.99. The van der Waals surface area contributed by atoms with Gasteiger partial charge in [0.15, 0.2) is 0 Å². The number of aromatic nitrogens is 1. The number of fused-ring (bicyclic) bond motifs is 1. The Morgan fingerprint density at radius 1 is 1.35 bits per heavy atom. The molecule has 1 aliphatic heterocycles. The summed E-state index contributed by atoms with van der Waals surface area (Å²) in [5.41, 5.74) is 1.50. The zero-order valence-corrected chi connectivity index (χ0v) is 11.5. The van der Waals surface area contributed by atoms with Crippen molar-refractivity contribution in [3.05, 3.63) is 36.0 Å². The molecule has 0 saturated carbocycles. The Morgan fingerprint density at radius 3 is 3.00 bits per heavy atom. The molecule has 20 heavy (non-hydrogen) atoms. The number of carbonyl (C=O) groups is 2. The number of aliphatic carboxylic acids is 1. The molecule has 2 N–H and O–H groups in total. The lowest BCUT2D eigenvalue weighted by atomic mass is 10.1. The maximum atomic E-state index is 12.5. The van der Waals surface area contributed by atoms with Crippen LogP contribution in [0.4, 0.5) is 0 Å². The second-order valence-electron chi connectivity index (χ2n) is 4.71. The van der Waals surface area contributed by atoms with Crippen LogP contribution < -0.4 is 0 Å². The first-order valence-electron chi connectivity index (χ1n) is 6.35. The minimum atomic E-state index is -0.937. The number of hydrogen-bond donors (Lipinski definition) is 2. The Bertz CT molecular complexity index is 667. The van der Waals surface area contributed by atoms with Crippen molar-refractivity contribution in [2.24, 2.45) is 0 Å². The fourth-order valence-electron chi connectivity index (χ4n) is 2.40. The van der Waals surface area contributed by atoms with E-state index in [1.165, 1.54) is 4.90 Å². The molecule has 0 radical (unpaired) electrons. The van der Waals surface area contributed by atoms with E-state index in [-0.39, 0.29) is 5.91 Å². The minimum Gasteiger partial charge on any atom is -0.480 e. The number of hydrogen-bond acceptors (Lipinski definition) is 3. The van der Waals surface area contributed by atoms with E-state index in [0.29, 0.717) is 17.9 Å². The van der Waals surface area contributed by atoms with Gasteiger partial charge >= 0.3 is 5.97 Å². The topological polar surface area (TPSA) is 73.4 Å². The van der Waals surface area contributed by atoms with E-state index in [0.717, 1.165) is 16.7 Å². The fourth-order valence-corrected chi connectivity index (χ4v) is 3.44. The van der Waals surface area contributed by atoms with Crippen molar-refractivity contribution < 1.29 is 14.7 Å². The summed E-state index contributed by atoms with van der Waals surface area (Å²) in [6.45, 7) is 0.478. The van der Waals surface area contributed by atoms with Gasteiger partial charge in [-0.25, -0.2) is 4.79 Å². The van der Waals surface area contributed by atoms with E-state index in [9.17, 15) is 14.7 Å². The van der Waals surface area contributed by atoms with Gasteiger partial charge in [-0.1, -0.05) is 0 Å². The van der Waals surface area contributed by atoms with Gasteiger partial charge in [0.25, 0.3) is 5.91 Å². The number of rotatable bonds is 2. The lowest BCUT2D eigenvalue weighted by molar-refractivity contribution is -0.141. The van der Waals surface area contributed by atoms with Gasteiger partial charge in [-0.15, -0.1) is 0 Å². The van der Waals surface area contributed by atoms with Gasteiger partial charge in [-0.2, -0.15) is 11.8 Å². The van der Waals surface area contributed by atoms with Crippen LogP contribution in [0.3, 0.4) is 0 Å². The third-order valence-electron chi connectivity index (χ3n) is 3.47. The average molecular weight is 290 g/mol. The average Bonchev–Trinajstić information content (AvgIpc) is 2.93. The first-order chi connectivity index (χ1) is 9.66. The number of carbonyl (C=O) groups excluding carboxylic acids is 1. The normalized spacial score (nSPS) is 19.2. The van der Waals surface area contributed by atoms with Crippen molar-refractivity contribution in [2.45, 2.75) is 6.04 Å². The number of H-pyrrole nitrogens is 1. The molecule has 2 heterocycles. The first-order valence-corrected chi connectivity index (χ1v) is 7.51. The second kappa shape index (κ2) is 5.20. The minimum absolute atomic E-state index is 0.208. The van der Waals surface area contributed by atoms with Crippen molar-refractivity contribution in [1.29, 1.82) is 0 Å². The molecule has 5 nitrogen and oxygen atoms in total. The highest BCUT2D eigenvalue weighted by Crippen LogP contribution is 2.21. The molecule has 1 amide bonds. The molecule has 1 aromatic carbocycles. The molecule has 3 rings (SSSR count). The van der Waals surface area contributed by atoms with Crippen molar-refractivity contribution in [1.82, 2.24) is 9.88 Å². The summed E-state index contributed by atoms with van der Waals surface area (Å²) in [7, 11) is 0. The second-order valence-corrected chi connectivity index (χ2v) is 5.86. The molecule has 0 aliphatic carbocycles. The van der Waals surface area contributed by atoms with Gasteiger partial charge in [0, 0.05) is 40.7 Å². The molecule has 1 saturated heterocycles. The molecule has 1 atom stereocenters. The number of nitrogens with one attached hydrogen (secondary N) is 1. The zero-order chi connectivity index (χ0) is 14.1. The first kappa shape index (κ1) is 13.1. The largest absolute Gasteiger partial charge is 0.480 e. The van der Waals surface area contributed by atoms with Crippen LogP contribution in [-0.2, 0) is 4.79 Å². The highest BCUT2D eigenvalue weighted by atomic mass is 32.2. The monoisotopic (exact) mass is 290 g/mol. The Balaban J connectivity index is 1.91. The van der Waals surface area contributed by atoms with Crippen LogP contribution in [0.5, 0.6) is 0 Å². The number of carboxylic acid groups (broad SMARTS) is 1. The van der Waals surface area contributed by atoms with E-state index in [2.05, 4.69) is 4.98 Å². The van der Waals surface area contributed by atoms with Crippen LogP contribution >= 0.6 is 11.8 Å². The van der Waals surface area contributed by atoms with Crippen LogP contribution in [0.25, 0.3) is 10.9 Å². The highest BCUT2D eigenvalue weighted by Gasteiger charge is 2.32. The standard InChI is InChI=1S/C14H14N2O3S/c17-13(16-5-6-20-8-12(16)14(18)19)10-1-2-11-9(7-10)3-4-15-11/h1-4,7,12,15H,5-6,8H2,(H,18,19). The summed E-state index contributed by atoms with van der Waals surface area (Å²) in [5.74, 6) is 0.0872. The van der Waals surface area contributed by atoms with Crippen LogP contribution in [0, 0.1) is 0 Å². The van der Waals surface area contributed by atoms with Gasteiger partial charge in [0.05, 0.1) is 0 Å². The number of benzene rings is 1. The van der Waals surface area contributed by atoms with E-state index in [1.54, 1.807) is 23.9 Å². The predicted molar refractivity (Wildman–Crippen MR) is 78.1 cm³/mol. The molecule has 6 heteroatoms. The fraction of sp³-hybridized carbons (Fsp3) is 0.286. The summed E-state index contributed by atoms with van der Waals surface area (Å²) < 4.78 is 0. The van der Waals surface area contributed by atoms with Crippen molar-refractivity contribution >= 4 is 34.5 Å². The zero-order valence-electron chi connectivity index (χ0n) is 10.7. The summed E-state index contributed by atoms with van der Waals surface area (Å²) in [6.07, 6.45) is 1.82. The number of nitrogens with zero attached hydrogens (tertiary/aromatic N) is 1. The molecule has 1 fully saturated rings. The molecule has 0 bridgehead atoms. The molecule has 104 valence electrons.